The van der Waals surface area contributed by atoms with Crippen LogP contribution < -0.4 is 5.32 Å². The number of pyridine rings is 1. The third kappa shape index (κ3) is 3.81. The number of aromatic nitrogens is 1. The van der Waals surface area contributed by atoms with Crippen LogP contribution in [0.5, 0.6) is 0 Å². The molecule has 0 saturated heterocycles. The van der Waals surface area contributed by atoms with Gasteiger partial charge in [-0.2, -0.15) is 0 Å². The Kier molecular flexibility index (Phi) is 4.09. The van der Waals surface area contributed by atoms with E-state index in [9.17, 15) is 4.79 Å². The summed E-state index contributed by atoms with van der Waals surface area (Å²) in [5.74, 6) is -0.0838. The highest BCUT2D eigenvalue weighted by molar-refractivity contribution is 6.29. The second-order valence-corrected chi connectivity index (χ2v) is 6.04. The first kappa shape index (κ1) is 14.5. The molecule has 1 aromatic carbocycles. The Hall–Kier alpha value is -1.87. The zero-order valence-electron chi connectivity index (χ0n) is 11.8. The number of halogens is 1. The first-order chi connectivity index (χ1) is 9.35. The van der Waals surface area contributed by atoms with Gasteiger partial charge in [-0.25, -0.2) is 4.98 Å². The number of benzene rings is 1. The van der Waals surface area contributed by atoms with E-state index in [1.807, 2.05) is 45.0 Å². The fraction of sp³-hybridized carbons (Fsp3) is 0.250. The zero-order valence-corrected chi connectivity index (χ0v) is 12.5. The van der Waals surface area contributed by atoms with Crippen molar-refractivity contribution in [2.45, 2.75) is 26.3 Å². The number of hydrogen-bond acceptors (Lipinski definition) is 2. The summed E-state index contributed by atoms with van der Waals surface area (Å²) in [4.78, 5) is 16.1. The molecule has 1 heterocycles. The molecule has 3 nitrogen and oxygen atoms in total. The molecule has 104 valence electrons. The zero-order chi connectivity index (χ0) is 14.8. The summed E-state index contributed by atoms with van der Waals surface area (Å²) in [6, 6.07) is 11.1. The minimum Gasteiger partial charge on any atom is -0.347 e. The molecule has 0 bridgehead atoms. The van der Waals surface area contributed by atoms with E-state index < -0.39 is 0 Å². The highest BCUT2D eigenvalue weighted by atomic mass is 35.5. The maximum absolute atomic E-state index is 12.2. The first-order valence-electron chi connectivity index (χ1n) is 6.40. The van der Waals surface area contributed by atoms with Gasteiger partial charge in [0.05, 0.1) is 0 Å². The number of carbonyl (C=O) groups excluding carboxylic acids is 1. The second-order valence-electron chi connectivity index (χ2n) is 5.65. The lowest BCUT2D eigenvalue weighted by Crippen LogP contribution is -2.40. The van der Waals surface area contributed by atoms with Crippen LogP contribution in [-0.4, -0.2) is 16.4 Å². The minimum atomic E-state index is -0.257. The van der Waals surface area contributed by atoms with E-state index in [2.05, 4.69) is 10.3 Å². The van der Waals surface area contributed by atoms with Gasteiger partial charge in [0.2, 0.25) is 0 Å². The molecule has 0 unspecified atom stereocenters. The van der Waals surface area contributed by atoms with E-state index in [4.69, 9.17) is 11.6 Å². The standard InChI is InChI=1S/C16H17ClN2O/c1-16(2,3)19-15(20)13-6-4-5-11(9-13)12-7-8-18-14(17)10-12/h4-10H,1-3H3,(H,19,20). The van der Waals surface area contributed by atoms with Crippen molar-refractivity contribution in [3.63, 3.8) is 0 Å². The van der Waals surface area contributed by atoms with Crippen LogP contribution in [0.2, 0.25) is 5.15 Å². The lowest BCUT2D eigenvalue weighted by atomic mass is 10.0. The third-order valence-electron chi connectivity index (χ3n) is 2.67. The topological polar surface area (TPSA) is 42.0 Å². The van der Waals surface area contributed by atoms with Crippen LogP contribution in [0.15, 0.2) is 42.6 Å². The molecule has 1 N–H and O–H groups in total. The molecular weight excluding hydrogens is 272 g/mol. The maximum atomic E-state index is 12.2. The Labute approximate surface area is 124 Å². The third-order valence-corrected chi connectivity index (χ3v) is 2.88. The van der Waals surface area contributed by atoms with Gasteiger partial charge in [-0.1, -0.05) is 23.7 Å². The number of nitrogens with one attached hydrogen (secondary N) is 1. The van der Waals surface area contributed by atoms with Crippen molar-refractivity contribution in [1.29, 1.82) is 0 Å². The minimum absolute atomic E-state index is 0.0838. The van der Waals surface area contributed by atoms with Crippen molar-refractivity contribution in [2.24, 2.45) is 0 Å². The molecule has 0 radical (unpaired) electrons. The van der Waals surface area contributed by atoms with Crippen LogP contribution in [0.3, 0.4) is 0 Å². The monoisotopic (exact) mass is 288 g/mol. The molecule has 2 aromatic rings. The summed E-state index contributed by atoms with van der Waals surface area (Å²) in [6.07, 6.45) is 1.65. The summed E-state index contributed by atoms with van der Waals surface area (Å²) in [6.45, 7) is 5.87. The summed E-state index contributed by atoms with van der Waals surface area (Å²) >= 11 is 5.89. The molecular formula is C16H17ClN2O. The largest absolute Gasteiger partial charge is 0.347 e. The van der Waals surface area contributed by atoms with Gasteiger partial charge in [0.1, 0.15) is 5.15 Å². The molecule has 1 amide bonds. The molecule has 0 fully saturated rings. The lowest BCUT2D eigenvalue weighted by molar-refractivity contribution is 0.0919. The van der Waals surface area contributed by atoms with E-state index in [1.165, 1.54) is 0 Å². The average Bonchev–Trinajstić information content (AvgIpc) is 2.37. The van der Waals surface area contributed by atoms with Gasteiger partial charge in [0.15, 0.2) is 0 Å². The van der Waals surface area contributed by atoms with Crippen LogP contribution in [0.1, 0.15) is 31.1 Å². The lowest BCUT2D eigenvalue weighted by Gasteiger charge is -2.20. The fourth-order valence-electron chi connectivity index (χ4n) is 1.83. The van der Waals surface area contributed by atoms with Crippen molar-refractivity contribution < 1.29 is 4.79 Å². The van der Waals surface area contributed by atoms with Crippen molar-refractivity contribution in [3.8, 4) is 11.1 Å². The summed E-state index contributed by atoms with van der Waals surface area (Å²) in [5, 5.41) is 3.39. The second kappa shape index (κ2) is 5.63. The molecule has 0 spiro atoms. The van der Waals surface area contributed by atoms with Crippen molar-refractivity contribution in [2.75, 3.05) is 0 Å². The van der Waals surface area contributed by atoms with Gasteiger partial charge < -0.3 is 5.32 Å². The highest BCUT2D eigenvalue weighted by Gasteiger charge is 2.15. The van der Waals surface area contributed by atoms with Crippen molar-refractivity contribution in [3.05, 3.63) is 53.3 Å². The summed E-state index contributed by atoms with van der Waals surface area (Å²) in [5.41, 5.74) is 2.25. The number of hydrogen-bond donors (Lipinski definition) is 1. The Morgan fingerprint density at radius 3 is 2.50 bits per heavy atom. The molecule has 4 heteroatoms. The molecule has 0 saturated carbocycles. The number of carbonyl (C=O) groups is 1. The molecule has 0 aliphatic carbocycles. The van der Waals surface area contributed by atoms with Crippen LogP contribution in [0, 0.1) is 0 Å². The smallest absolute Gasteiger partial charge is 0.251 e. The molecule has 2 rings (SSSR count). The maximum Gasteiger partial charge on any atom is 0.251 e. The summed E-state index contributed by atoms with van der Waals surface area (Å²) in [7, 11) is 0. The molecule has 1 aromatic heterocycles. The number of nitrogens with zero attached hydrogens (tertiary/aromatic N) is 1. The van der Waals surface area contributed by atoms with Crippen molar-refractivity contribution >= 4 is 17.5 Å². The Morgan fingerprint density at radius 2 is 1.85 bits per heavy atom. The quantitative estimate of drug-likeness (QED) is 0.851. The fourth-order valence-corrected chi connectivity index (χ4v) is 2.01. The number of rotatable bonds is 2. The highest BCUT2D eigenvalue weighted by Crippen LogP contribution is 2.22. The van der Waals surface area contributed by atoms with Gasteiger partial charge in [0, 0.05) is 17.3 Å². The molecule has 0 aliphatic rings. The Balaban J connectivity index is 2.31. The van der Waals surface area contributed by atoms with Crippen LogP contribution in [0.4, 0.5) is 0 Å². The Bertz CT molecular complexity index is 632. The van der Waals surface area contributed by atoms with Crippen molar-refractivity contribution in [1.82, 2.24) is 10.3 Å². The van der Waals surface area contributed by atoms with Gasteiger partial charge in [0.25, 0.3) is 5.91 Å². The van der Waals surface area contributed by atoms with Crippen LogP contribution in [0.25, 0.3) is 11.1 Å². The van der Waals surface area contributed by atoms with Gasteiger partial charge in [-0.3, -0.25) is 4.79 Å². The van der Waals surface area contributed by atoms with Gasteiger partial charge >= 0.3 is 0 Å². The van der Waals surface area contributed by atoms with E-state index in [1.54, 1.807) is 18.3 Å². The molecule has 20 heavy (non-hydrogen) atoms. The predicted molar refractivity (Wildman–Crippen MR) is 81.9 cm³/mol. The van der Waals surface area contributed by atoms with Gasteiger partial charge in [-0.15, -0.1) is 0 Å². The van der Waals surface area contributed by atoms with Crippen LogP contribution >= 0.6 is 11.6 Å². The van der Waals surface area contributed by atoms with E-state index in [-0.39, 0.29) is 11.4 Å². The normalized spacial score (nSPS) is 11.2. The molecule has 0 aliphatic heterocycles. The average molecular weight is 289 g/mol. The summed E-state index contributed by atoms with van der Waals surface area (Å²) < 4.78 is 0. The van der Waals surface area contributed by atoms with E-state index in [0.29, 0.717) is 10.7 Å². The molecule has 0 atom stereocenters. The van der Waals surface area contributed by atoms with Gasteiger partial charge in [-0.05, 0) is 56.2 Å². The first-order valence-corrected chi connectivity index (χ1v) is 6.77. The Morgan fingerprint density at radius 1 is 1.15 bits per heavy atom. The SMILES string of the molecule is CC(C)(C)NC(=O)c1cccc(-c2ccnc(Cl)c2)c1. The van der Waals surface area contributed by atoms with E-state index >= 15 is 0 Å². The van der Waals surface area contributed by atoms with Crippen LogP contribution in [-0.2, 0) is 0 Å². The van der Waals surface area contributed by atoms with E-state index in [0.717, 1.165) is 11.1 Å². The number of amides is 1. The predicted octanol–water partition coefficient (Wildman–Crippen LogP) is 3.93.